The third-order valence-electron chi connectivity index (χ3n) is 4.97. The number of aliphatic carboxylic acids is 1. The van der Waals surface area contributed by atoms with Crippen LogP contribution in [0.5, 0.6) is 0 Å². The van der Waals surface area contributed by atoms with E-state index < -0.39 is 5.97 Å². The van der Waals surface area contributed by atoms with Gasteiger partial charge in [-0.2, -0.15) is 0 Å². The second-order valence-corrected chi connectivity index (χ2v) is 6.72. The molecular formula is C18H24N2O3. The molecule has 3 rings (SSSR count). The number of likely N-dealkylation sites (N-methyl/N-ethyl adjacent to an activating group) is 1. The number of piperazine rings is 1. The van der Waals surface area contributed by atoms with Gasteiger partial charge in [0.25, 0.3) is 0 Å². The highest BCUT2D eigenvalue weighted by atomic mass is 16.4. The Hall–Kier alpha value is -1.88. The molecule has 1 saturated heterocycles. The number of nitrogens with zero attached hydrogens (tertiary/aromatic N) is 2. The molecule has 1 N–H and O–H groups in total. The number of aryl methyl sites for hydroxylation is 1. The summed E-state index contributed by atoms with van der Waals surface area (Å²) in [7, 11) is 2.08. The molecule has 2 aliphatic rings. The highest BCUT2D eigenvalue weighted by Gasteiger charge is 2.44. The maximum atomic E-state index is 12.3. The fourth-order valence-electron chi connectivity index (χ4n) is 3.28. The Labute approximate surface area is 136 Å². The van der Waals surface area contributed by atoms with Crippen molar-refractivity contribution in [2.45, 2.75) is 25.2 Å². The van der Waals surface area contributed by atoms with Gasteiger partial charge in [-0.05, 0) is 36.9 Å². The van der Waals surface area contributed by atoms with Crippen LogP contribution in [0.15, 0.2) is 24.3 Å². The predicted octanol–water partition coefficient (Wildman–Crippen LogP) is 1.58. The summed E-state index contributed by atoms with van der Waals surface area (Å²) in [5, 5.41) is 9.04. The fraction of sp³-hybridized carbons (Fsp3) is 0.556. The zero-order valence-corrected chi connectivity index (χ0v) is 13.6. The minimum Gasteiger partial charge on any atom is -0.481 e. The lowest BCUT2D eigenvalue weighted by atomic mass is 10.0. The van der Waals surface area contributed by atoms with Gasteiger partial charge in [0, 0.05) is 32.6 Å². The van der Waals surface area contributed by atoms with Gasteiger partial charge in [-0.1, -0.05) is 24.3 Å². The number of hydrogen-bond acceptors (Lipinski definition) is 3. The van der Waals surface area contributed by atoms with Crippen molar-refractivity contribution in [3.63, 3.8) is 0 Å². The predicted molar refractivity (Wildman–Crippen MR) is 87.3 cm³/mol. The number of benzene rings is 1. The zero-order chi connectivity index (χ0) is 16.4. The van der Waals surface area contributed by atoms with E-state index in [2.05, 4.69) is 18.0 Å². The highest BCUT2D eigenvalue weighted by Crippen LogP contribution is 2.47. The van der Waals surface area contributed by atoms with Crippen molar-refractivity contribution < 1.29 is 14.7 Å². The van der Waals surface area contributed by atoms with E-state index in [1.54, 1.807) is 0 Å². The summed E-state index contributed by atoms with van der Waals surface area (Å²) in [6, 6.07) is 8.07. The van der Waals surface area contributed by atoms with Gasteiger partial charge < -0.3 is 14.9 Å². The topological polar surface area (TPSA) is 60.9 Å². The summed E-state index contributed by atoms with van der Waals surface area (Å²) in [6.45, 7) is 3.52. The summed E-state index contributed by atoms with van der Waals surface area (Å²) in [4.78, 5) is 27.5. The van der Waals surface area contributed by atoms with Crippen LogP contribution in [0.4, 0.5) is 0 Å². The van der Waals surface area contributed by atoms with Crippen molar-refractivity contribution in [1.82, 2.24) is 9.80 Å². The van der Waals surface area contributed by atoms with E-state index in [4.69, 9.17) is 5.11 Å². The Morgan fingerprint density at radius 3 is 2.61 bits per heavy atom. The van der Waals surface area contributed by atoms with Gasteiger partial charge in [0.1, 0.15) is 0 Å². The first-order valence-electron chi connectivity index (χ1n) is 8.32. The molecule has 5 heteroatoms. The molecule has 1 heterocycles. The Bertz CT molecular complexity index is 594. The highest BCUT2D eigenvalue weighted by molar-refractivity contribution is 5.77. The molecule has 2 fully saturated rings. The van der Waals surface area contributed by atoms with Crippen LogP contribution in [-0.4, -0.2) is 60.0 Å². The summed E-state index contributed by atoms with van der Waals surface area (Å²) in [5.41, 5.74) is 2.22. The van der Waals surface area contributed by atoms with Crippen LogP contribution in [0, 0.1) is 5.92 Å². The first kappa shape index (κ1) is 16.0. The first-order valence-corrected chi connectivity index (χ1v) is 8.32. The third kappa shape index (κ3) is 3.91. The van der Waals surface area contributed by atoms with Crippen LogP contribution < -0.4 is 0 Å². The fourth-order valence-corrected chi connectivity index (χ4v) is 3.28. The van der Waals surface area contributed by atoms with Crippen LogP contribution in [0.1, 0.15) is 29.9 Å². The lowest BCUT2D eigenvalue weighted by Gasteiger charge is -2.32. The number of carboxylic acids is 1. The molecule has 1 aromatic carbocycles. The summed E-state index contributed by atoms with van der Waals surface area (Å²) in [6.07, 6.45) is 1.99. The molecule has 1 aromatic rings. The molecule has 124 valence electrons. The zero-order valence-electron chi connectivity index (χ0n) is 13.6. The van der Waals surface area contributed by atoms with Crippen molar-refractivity contribution in [2.24, 2.45) is 5.92 Å². The Morgan fingerprint density at radius 2 is 1.96 bits per heavy atom. The van der Waals surface area contributed by atoms with E-state index >= 15 is 0 Å². The van der Waals surface area contributed by atoms with Crippen LogP contribution in [0.3, 0.4) is 0 Å². The quantitative estimate of drug-likeness (QED) is 0.896. The van der Waals surface area contributed by atoms with E-state index in [0.717, 1.165) is 50.1 Å². The Balaban J connectivity index is 1.52. The molecule has 0 aromatic heterocycles. The number of carbonyl (C=O) groups is 2. The van der Waals surface area contributed by atoms with Crippen molar-refractivity contribution in [2.75, 3.05) is 33.2 Å². The van der Waals surface area contributed by atoms with Crippen LogP contribution >= 0.6 is 0 Å². The molecule has 1 aliphatic heterocycles. The monoisotopic (exact) mass is 316 g/mol. The molecule has 2 unspecified atom stereocenters. The van der Waals surface area contributed by atoms with Gasteiger partial charge >= 0.3 is 5.97 Å². The summed E-state index contributed by atoms with van der Waals surface area (Å²) in [5.74, 6) is -0.554. The third-order valence-corrected chi connectivity index (χ3v) is 4.97. The lowest BCUT2D eigenvalue weighted by molar-refractivity contribution is -0.138. The molecule has 2 atom stereocenters. The van der Waals surface area contributed by atoms with Crippen LogP contribution in [0.2, 0.25) is 0 Å². The molecule has 5 nitrogen and oxygen atoms in total. The largest absolute Gasteiger partial charge is 0.481 e. The average Bonchev–Trinajstić information content (AvgIpc) is 3.34. The van der Waals surface area contributed by atoms with E-state index in [1.165, 1.54) is 0 Å². The van der Waals surface area contributed by atoms with Gasteiger partial charge in [0.15, 0.2) is 0 Å². The smallest absolute Gasteiger partial charge is 0.307 e. The van der Waals surface area contributed by atoms with E-state index in [9.17, 15) is 9.59 Å². The number of carboxylic acid groups (broad SMARTS) is 1. The Kier molecular flexibility index (Phi) is 4.66. The lowest BCUT2D eigenvalue weighted by Crippen LogP contribution is -2.47. The molecule has 1 amide bonds. The Morgan fingerprint density at radius 1 is 1.22 bits per heavy atom. The van der Waals surface area contributed by atoms with Crippen LogP contribution in [0.25, 0.3) is 0 Å². The van der Waals surface area contributed by atoms with Crippen LogP contribution in [-0.2, 0) is 16.0 Å². The first-order chi connectivity index (χ1) is 11.0. The van der Waals surface area contributed by atoms with Gasteiger partial charge in [-0.15, -0.1) is 0 Å². The molecule has 1 saturated carbocycles. The molecule has 23 heavy (non-hydrogen) atoms. The maximum Gasteiger partial charge on any atom is 0.307 e. The van der Waals surface area contributed by atoms with Gasteiger partial charge in [-0.3, -0.25) is 9.59 Å². The van der Waals surface area contributed by atoms with Crippen molar-refractivity contribution >= 4 is 11.9 Å². The van der Waals surface area contributed by atoms with Gasteiger partial charge in [0.05, 0.1) is 5.92 Å². The summed E-state index contributed by atoms with van der Waals surface area (Å²) < 4.78 is 0. The molecule has 0 bridgehead atoms. The van der Waals surface area contributed by atoms with E-state index in [-0.39, 0.29) is 17.7 Å². The standard InChI is InChI=1S/C18H24N2O3/c1-19-7-9-20(10-8-19)17(21)6-5-13-3-2-4-14(11-13)15-12-16(15)18(22)23/h2-4,11,15-16H,5-10,12H2,1H3,(H,22,23). The summed E-state index contributed by atoms with van der Waals surface area (Å²) >= 11 is 0. The second kappa shape index (κ2) is 6.71. The van der Waals surface area contributed by atoms with E-state index in [1.807, 2.05) is 23.1 Å². The number of hydrogen-bond donors (Lipinski definition) is 1. The SMILES string of the molecule is CN1CCN(C(=O)CCc2cccc(C3CC3C(=O)O)c2)CC1. The van der Waals surface area contributed by atoms with Gasteiger partial charge in [-0.25, -0.2) is 0 Å². The molecular weight excluding hydrogens is 292 g/mol. The number of carbonyl (C=O) groups excluding carboxylic acids is 1. The maximum absolute atomic E-state index is 12.3. The second-order valence-electron chi connectivity index (χ2n) is 6.72. The minimum absolute atomic E-state index is 0.154. The molecule has 0 spiro atoms. The minimum atomic E-state index is -0.703. The normalized spacial score (nSPS) is 24.5. The average molecular weight is 316 g/mol. The number of rotatable bonds is 5. The van der Waals surface area contributed by atoms with Crippen molar-refractivity contribution in [1.29, 1.82) is 0 Å². The van der Waals surface area contributed by atoms with E-state index in [0.29, 0.717) is 6.42 Å². The van der Waals surface area contributed by atoms with Gasteiger partial charge in [0.2, 0.25) is 5.91 Å². The number of amides is 1. The molecule has 0 radical (unpaired) electrons. The van der Waals surface area contributed by atoms with Crippen molar-refractivity contribution in [3.8, 4) is 0 Å². The van der Waals surface area contributed by atoms with Crippen molar-refractivity contribution in [3.05, 3.63) is 35.4 Å². The molecule has 1 aliphatic carbocycles.